The molecule has 0 bridgehead atoms. The molecule has 0 saturated carbocycles. The highest BCUT2D eigenvalue weighted by atomic mass is 16.3. The zero-order chi connectivity index (χ0) is 39.3. The molecule has 60 heavy (non-hydrogen) atoms. The first-order valence-corrected chi connectivity index (χ1v) is 20.5. The van der Waals surface area contributed by atoms with Gasteiger partial charge in [0.1, 0.15) is 5.58 Å². The van der Waals surface area contributed by atoms with Crippen LogP contribution in [0.4, 0.5) is 0 Å². The Bertz CT molecular complexity index is 3770. The van der Waals surface area contributed by atoms with Crippen molar-refractivity contribution in [2.45, 2.75) is 0 Å². The summed E-state index contributed by atoms with van der Waals surface area (Å²) in [6.07, 6.45) is 0. The molecular formula is C56H35N3O. The first kappa shape index (κ1) is 32.9. The maximum absolute atomic E-state index is 6.60. The average molecular weight is 766 g/mol. The van der Waals surface area contributed by atoms with E-state index in [1.165, 1.54) is 71.3 Å². The third kappa shape index (κ3) is 4.73. The lowest BCUT2D eigenvalue weighted by Crippen LogP contribution is -1.96. The average Bonchev–Trinajstić information content (AvgIpc) is 4.05. The van der Waals surface area contributed by atoms with E-state index in [9.17, 15) is 0 Å². The van der Waals surface area contributed by atoms with Gasteiger partial charge in [0.15, 0.2) is 0 Å². The number of benzene rings is 9. The van der Waals surface area contributed by atoms with E-state index in [1.807, 2.05) is 6.07 Å². The molecule has 0 unspecified atom stereocenters. The second kappa shape index (κ2) is 12.7. The van der Waals surface area contributed by atoms with E-state index >= 15 is 0 Å². The van der Waals surface area contributed by atoms with Gasteiger partial charge in [0, 0.05) is 49.4 Å². The van der Waals surface area contributed by atoms with Gasteiger partial charge in [-0.2, -0.15) is 0 Å². The molecule has 0 aliphatic rings. The fourth-order valence-corrected chi connectivity index (χ4v) is 9.85. The fraction of sp³-hybridized carbons (Fsp3) is 0. The molecule has 4 heterocycles. The molecule has 9 aromatic carbocycles. The van der Waals surface area contributed by atoms with Crippen LogP contribution in [0.25, 0.3) is 116 Å². The zero-order valence-electron chi connectivity index (χ0n) is 32.5. The van der Waals surface area contributed by atoms with E-state index in [1.54, 1.807) is 0 Å². The van der Waals surface area contributed by atoms with Crippen LogP contribution in [0, 0.1) is 0 Å². The van der Waals surface area contributed by atoms with Gasteiger partial charge in [0.25, 0.3) is 0 Å². The van der Waals surface area contributed by atoms with E-state index in [0.29, 0.717) is 0 Å². The minimum atomic E-state index is 0.867. The van der Waals surface area contributed by atoms with Gasteiger partial charge in [-0.3, -0.25) is 4.57 Å². The zero-order valence-corrected chi connectivity index (χ0v) is 32.5. The van der Waals surface area contributed by atoms with Gasteiger partial charge >= 0.3 is 0 Å². The van der Waals surface area contributed by atoms with Crippen molar-refractivity contribution in [1.29, 1.82) is 0 Å². The first-order chi connectivity index (χ1) is 29.8. The van der Waals surface area contributed by atoms with Crippen LogP contribution < -0.4 is 0 Å². The van der Waals surface area contributed by atoms with Crippen molar-refractivity contribution >= 4 is 76.6 Å². The van der Waals surface area contributed by atoms with Crippen LogP contribution in [0.2, 0.25) is 0 Å². The summed E-state index contributed by atoms with van der Waals surface area (Å²) in [5.41, 5.74) is 15.7. The summed E-state index contributed by atoms with van der Waals surface area (Å²) in [5, 5.41) is 8.47. The Balaban J connectivity index is 0.927. The molecule has 0 aliphatic heterocycles. The Kier molecular flexibility index (Phi) is 6.98. The Morgan fingerprint density at radius 2 is 0.817 bits per heavy atom. The third-order valence-electron chi connectivity index (χ3n) is 12.5. The van der Waals surface area contributed by atoms with Crippen LogP contribution in [-0.2, 0) is 0 Å². The van der Waals surface area contributed by atoms with E-state index < -0.39 is 0 Å². The standard InChI is InChI=1S/C56H35N3O/c1-2-15-39(16-3-1)59-52-26-13-22-42(54(52)55-46-21-7-11-27-53(46)60-56(55)59)37-30-28-36(29-31-37)38-14-12-17-40(34-38)57-50-25-10-6-20-45(50)47-35-41(32-33-51(47)57)58-48-23-8-4-18-43(48)44-19-5-9-24-49(44)58/h1-35H. The van der Waals surface area contributed by atoms with Crippen molar-refractivity contribution in [3.63, 3.8) is 0 Å². The second-order valence-electron chi connectivity index (χ2n) is 15.7. The van der Waals surface area contributed by atoms with Gasteiger partial charge in [-0.15, -0.1) is 0 Å². The summed E-state index contributed by atoms with van der Waals surface area (Å²) in [6, 6.07) is 76.6. The fourth-order valence-electron chi connectivity index (χ4n) is 9.85. The van der Waals surface area contributed by atoms with Crippen molar-refractivity contribution in [2.75, 3.05) is 0 Å². The molecule has 0 radical (unpaired) electrons. The molecule has 0 amide bonds. The van der Waals surface area contributed by atoms with E-state index in [2.05, 4.69) is 220 Å². The molecule has 4 aromatic heterocycles. The predicted molar refractivity (Wildman–Crippen MR) is 250 cm³/mol. The molecule has 0 fully saturated rings. The summed E-state index contributed by atoms with van der Waals surface area (Å²) < 4.78 is 13.7. The van der Waals surface area contributed by atoms with Crippen LogP contribution in [0.1, 0.15) is 0 Å². The molecule has 13 rings (SSSR count). The topological polar surface area (TPSA) is 27.9 Å². The van der Waals surface area contributed by atoms with E-state index in [4.69, 9.17) is 4.42 Å². The normalized spacial score (nSPS) is 12.0. The smallest absolute Gasteiger partial charge is 0.213 e. The largest absolute Gasteiger partial charge is 0.439 e. The lowest BCUT2D eigenvalue weighted by molar-refractivity contribution is 0.645. The molecule has 0 aliphatic carbocycles. The number of rotatable bonds is 5. The molecule has 13 aromatic rings. The van der Waals surface area contributed by atoms with Crippen LogP contribution in [0.5, 0.6) is 0 Å². The first-order valence-electron chi connectivity index (χ1n) is 20.5. The summed E-state index contributed by atoms with van der Waals surface area (Å²) >= 11 is 0. The number of aromatic nitrogens is 3. The third-order valence-corrected chi connectivity index (χ3v) is 12.5. The van der Waals surface area contributed by atoms with Crippen LogP contribution in [-0.4, -0.2) is 13.7 Å². The highest BCUT2D eigenvalue weighted by Gasteiger charge is 2.22. The van der Waals surface area contributed by atoms with Gasteiger partial charge in [-0.1, -0.05) is 140 Å². The molecule has 4 nitrogen and oxygen atoms in total. The maximum Gasteiger partial charge on any atom is 0.213 e. The van der Waals surface area contributed by atoms with Gasteiger partial charge in [0.2, 0.25) is 5.71 Å². The van der Waals surface area contributed by atoms with E-state index in [0.717, 1.165) is 44.6 Å². The molecule has 0 atom stereocenters. The minimum Gasteiger partial charge on any atom is -0.439 e. The van der Waals surface area contributed by atoms with Crippen molar-refractivity contribution in [3.05, 3.63) is 212 Å². The lowest BCUT2D eigenvalue weighted by atomic mass is 9.96. The molecule has 0 N–H and O–H groups in total. The summed E-state index contributed by atoms with van der Waals surface area (Å²) in [4.78, 5) is 0. The van der Waals surface area contributed by atoms with Crippen molar-refractivity contribution in [1.82, 2.24) is 13.7 Å². The van der Waals surface area contributed by atoms with Crippen LogP contribution in [0.3, 0.4) is 0 Å². The van der Waals surface area contributed by atoms with Crippen molar-refractivity contribution in [2.24, 2.45) is 0 Å². The maximum atomic E-state index is 6.60. The number of fused-ring (bicyclic) bond motifs is 11. The number of furan rings is 1. The van der Waals surface area contributed by atoms with Gasteiger partial charge in [0.05, 0.1) is 33.0 Å². The van der Waals surface area contributed by atoms with Gasteiger partial charge < -0.3 is 13.6 Å². The molecular weight excluding hydrogens is 731 g/mol. The Morgan fingerprint density at radius 3 is 1.53 bits per heavy atom. The quantitative estimate of drug-likeness (QED) is 0.171. The predicted octanol–water partition coefficient (Wildman–Crippen LogP) is 15.1. The molecule has 4 heteroatoms. The number of nitrogens with zero attached hydrogens (tertiary/aromatic N) is 3. The Hall–Kier alpha value is -8.08. The summed E-state index contributed by atoms with van der Waals surface area (Å²) in [6.45, 7) is 0. The molecule has 0 spiro atoms. The van der Waals surface area contributed by atoms with Crippen LogP contribution in [0.15, 0.2) is 217 Å². The highest BCUT2D eigenvalue weighted by Crippen LogP contribution is 2.44. The second-order valence-corrected chi connectivity index (χ2v) is 15.7. The monoisotopic (exact) mass is 765 g/mol. The number of para-hydroxylation sites is 5. The molecule has 280 valence electrons. The van der Waals surface area contributed by atoms with Crippen LogP contribution >= 0.6 is 0 Å². The molecule has 0 saturated heterocycles. The summed E-state index contributed by atoms with van der Waals surface area (Å²) in [5.74, 6) is 0. The van der Waals surface area contributed by atoms with Gasteiger partial charge in [-0.25, -0.2) is 0 Å². The van der Waals surface area contributed by atoms with Crippen molar-refractivity contribution < 1.29 is 4.42 Å². The number of hydrogen-bond donors (Lipinski definition) is 0. The lowest BCUT2D eigenvalue weighted by Gasteiger charge is -2.12. The Labute approximate surface area is 345 Å². The number of hydrogen-bond acceptors (Lipinski definition) is 1. The highest BCUT2D eigenvalue weighted by molar-refractivity contribution is 6.24. The van der Waals surface area contributed by atoms with E-state index in [-0.39, 0.29) is 0 Å². The van der Waals surface area contributed by atoms with Gasteiger partial charge in [-0.05, 0) is 95.1 Å². The minimum absolute atomic E-state index is 0.867. The van der Waals surface area contributed by atoms with Crippen molar-refractivity contribution in [3.8, 4) is 39.3 Å². The summed E-state index contributed by atoms with van der Waals surface area (Å²) in [7, 11) is 0. The Morgan fingerprint density at radius 1 is 0.283 bits per heavy atom. The SMILES string of the molecule is c1ccc(-n2c3cccc(-c4ccc(-c5cccc(-n6c7ccccc7c7cc(-n8c9ccccc9c9ccccc98)ccc76)c5)cc4)c3c3c4ccccc4oc32)cc1.